The lowest BCUT2D eigenvalue weighted by Gasteiger charge is -2.23. The van der Waals surface area contributed by atoms with Crippen molar-refractivity contribution in [2.24, 2.45) is 5.10 Å². The van der Waals surface area contributed by atoms with Gasteiger partial charge >= 0.3 is 0 Å². The molecule has 2 heterocycles. The molecule has 1 amide bonds. The number of para-hydroxylation sites is 1. The number of methoxy groups -OCH3 is 3. The fourth-order valence-corrected chi connectivity index (χ4v) is 4.20. The molecule has 0 N–H and O–H groups in total. The Morgan fingerprint density at radius 3 is 2.37 bits per heavy atom. The van der Waals surface area contributed by atoms with E-state index in [2.05, 4.69) is 0 Å². The summed E-state index contributed by atoms with van der Waals surface area (Å²) in [7, 11) is 4.85. The highest BCUT2D eigenvalue weighted by Crippen LogP contribution is 2.39. The first-order valence-electron chi connectivity index (χ1n) is 9.45. The number of hydrogen-bond acceptors (Lipinski definition) is 6. The van der Waals surface area contributed by atoms with E-state index < -0.39 is 0 Å². The lowest BCUT2D eigenvalue weighted by Crippen LogP contribution is -2.26. The van der Waals surface area contributed by atoms with Crippen molar-refractivity contribution in [3.8, 4) is 17.2 Å². The zero-order chi connectivity index (χ0) is 21.1. The second-order valence-corrected chi connectivity index (χ2v) is 7.68. The highest BCUT2D eigenvalue weighted by molar-refractivity contribution is 7.12. The van der Waals surface area contributed by atoms with Crippen LogP contribution in [0.1, 0.15) is 33.3 Å². The molecule has 0 saturated heterocycles. The molecule has 1 aromatic heterocycles. The molecule has 1 aliphatic heterocycles. The largest absolute Gasteiger partial charge is 0.497 e. The first-order valence-corrected chi connectivity index (χ1v) is 10.3. The van der Waals surface area contributed by atoms with Crippen LogP contribution < -0.4 is 14.2 Å². The zero-order valence-electron chi connectivity index (χ0n) is 17.0. The quantitative estimate of drug-likeness (QED) is 0.574. The number of carbonyl (C=O) groups excluding carboxylic acids is 1. The van der Waals surface area contributed by atoms with E-state index >= 15 is 0 Å². The normalized spacial score (nSPS) is 15.6. The molecule has 0 spiro atoms. The number of amides is 1. The van der Waals surface area contributed by atoms with Gasteiger partial charge in [-0.3, -0.25) is 4.79 Å². The van der Waals surface area contributed by atoms with E-state index in [-0.39, 0.29) is 11.9 Å². The molecule has 1 atom stereocenters. The van der Waals surface area contributed by atoms with E-state index in [1.807, 2.05) is 60.0 Å². The first kappa shape index (κ1) is 20.0. The maximum absolute atomic E-state index is 13.3. The number of ether oxygens (including phenoxy) is 3. The molecule has 6 nitrogen and oxygen atoms in total. The number of benzene rings is 2. The molecule has 0 aliphatic carbocycles. The van der Waals surface area contributed by atoms with Crippen LogP contribution in [0.5, 0.6) is 17.2 Å². The highest BCUT2D eigenvalue weighted by atomic mass is 32.1. The summed E-state index contributed by atoms with van der Waals surface area (Å²) < 4.78 is 16.4. The molecule has 30 heavy (non-hydrogen) atoms. The fraction of sp³-hybridized carbons (Fsp3) is 0.217. The van der Waals surface area contributed by atoms with Crippen LogP contribution in [0.25, 0.3) is 0 Å². The number of thiophene rings is 1. The fourth-order valence-electron chi connectivity index (χ4n) is 3.54. The van der Waals surface area contributed by atoms with Crippen molar-refractivity contribution in [2.45, 2.75) is 12.5 Å². The van der Waals surface area contributed by atoms with Gasteiger partial charge in [-0.1, -0.05) is 24.3 Å². The van der Waals surface area contributed by atoms with Gasteiger partial charge < -0.3 is 14.2 Å². The van der Waals surface area contributed by atoms with Crippen molar-refractivity contribution in [3.63, 3.8) is 0 Å². The molecule has 7 heteroatoms. The Bertz CT molecular complexity index is 1060. The summed E-state index contributed by atoms with van der Waals surface area (Å²) in [6.45, 7) is 0. The van der Waals surface area contributed by atoms with E-state index in [9.17, 15) is 4.79 Å². The Labute approximate surface area is 179 Å². The third kappa shape index (κ3) is 3.76. The van der Waals surface area contributed by atoms with E-state index in [1.165, 1.54) is 11.3 Å². The Morgan fingerprint density at radius 2 is 1.73 bits per heavy atom. The molecule has 0 bridgehead atoms. The number of nitrogens with zero attached hydrogens (tertiary/aromatic N) is 2. The highest BCUT2D eigenvalue weighted by Gasteiger charge is 2.35. The number of hydrogen-bond donors (Lipinski definition) is 0. The van der Waals surface area contributed by atoms with Crippen molar-refractivity contribution < 1.29 is 19.0 Å². The van der Waals surface area contributed by atoms with Crippen LogP contribution in [0.2, 0.25) is 0 Å². The molecule has 2 aromatic carbocycles. The van der Waals surface area contributed by atoms with E-state index in [1.54, 1.807) is 26.3 Å². The summed E-state index contributed by atoms with van der Waals surface area (Å²) in [5, 5.41) is 8.19. The Kier molecular flexibility index (Phi) is 5.72. The van der Waals surface area contributed by atoms with Gasteiger partial charge in [-0.2, -0.15) is 5.10 Å². The smallest absolute Gasteiger partial charge is 0.284 e. The van der Waals surface area contributed by atoms with Gasteiger partial charge in [-0.05, 0) is 29.6 Å². The molecule has 154 valence electrons. The molecule has 0 fully saturated rings. The van der Waals surface area contributed by atoms with Crippen molar-refractivity contribution in [2.75, 3.05) is 21.3 Å². The van der Waals surface area contributed by atoms with Gasteiger partial charge in [-0.15, -0.1) is 11.3 Å². The molecule has 0 radical (unpaired) electrons. The SMILES string of the molecule is COc1cc(OC)cc(C2=NN(C(=O)c3cccs3)[C@H](c3ccccc3OC)C2)c1. The van der Waals surface area contributed by atoms with Crippen molar-refractivity contribution >= 4 is 23.0 Å². The van der Waals surface area contributed by atoms with Crippen molar-refractivity contribution in [1.29, 1.82) is 0 Å². The second-order valence-electron chi connectivity index (χ2n) is 6.74. The van der Waals surface area contributed by atoms with E-state index in [0.29, 0.717) is 22.8 Å². The molecule has 3 aromatic rings. The van der Waals surface area contributed by atoms with Crippen molar-refractivity contribution in [1.82, 2.24) is 5.01 Å². The van der Waals surface area contributed by atoms with Gasteiger partial charge in [-0.25, -0.2) is 5.01 Å². The summed E-state index contributed by atoms with van der Waals surface area (Å²) in [5.74, 6) is 1.93. The summed E-state index contributed by atoms with van der Waals surface area (Å²) in [6.07, 6.45) is 0.549. The second kappa shape index (κ2) is 8.59. The van der Waals surface area contributed by atoms with Gasteiger partial charge in [0.05, 0.1) is 38.0 Å². The minimum atomic E-state index is -0.275. The van der Waals surface area contributed by atoms with Crippen LogP contribution in [-0.2, 0) is 0 Å². The zero-order valence-corrected chi connectivity index (χ0v) is 17.8. The Morgan fingerprint density at radius 1 is 1.00 bits per heavy atom. The van der Waals surface area contributed by atoms with Crippen molar-refractivity contribution in [3.05, 3.63) is 76.0 Å². The molecule has 0 unspecified atom stereocenters. The predicted octanol–water partition coefficient (Wildman–Crippen LogP) is 4.77. The summed E-state index contributed by atoms with van der Waals surface area (Å²) in [4.78, 5) is 13.9. The van der Waals surface area contributed by atoms with Gasteiger partial charge in [0, 0.05) is 23.6 Å². The monoisotopic (exact) mass is 422 g/mol. The summed E-state index contributed by atoms with van der Waals surface area (Å²) >= 11 is 1.40. The molecule has 0 saturated carbocycles. The number of carbonyl (C=O) groups is 1. The summed E-state index contributed by atoms with van der Waals surface area (Å²) in [5.41, 5.74) is 2.55. The third-order valence-electron chi connectivity index (χ3n) is 5.03. The maximum atomic E-state index is 13.3. The third-order valence-corrected chi connectivity index (χ3v) is 5.89. The minimum absolute atomic E-state index is 0.134. The van der Waals surface area contributed by atoms with Gasteiger partial charge in [0.25, 0.3) is 5.91 Å². The van der Waals surface area contributed by atoms with Gasteiger partial charge in [0.15, 0.2) is 0 Å². The lowest BCUT2D eigenvalue weighted by atomic mass is 9.97. The average Bonchev–Trinajstić information content (AvgIpc) is 3.48. The van der Waals surface area contributed by atoms with Crippen LogP contribution in [0.3, 0.4) is 0 Å². The Hall–Kier alpha value is -3.32. The van der Waals surface area contributed by atoms with Crippen LogP contribution in [0.4, 0.5) is 0 Å². The predicted molar refractivity (Wildman–Crippen MR) is 117 cm³/mol. The molecular weight excluding hydrogens is 400 g/mol. The van der Waals surface area contributed by atoms with Crippen LogP contribution in [-0.4, -0.2) is 38.0 Å². The Balaban J connectivity index is 1.78. The average molecular weight is 423 g/mol. The molecule has 1 aliphatic rings. The van der Waals surface area contributed by atoms with Crippen LogP contribution >= 0.6 is 11.3 Å². The van der Waals surface area contributed by atoms with Crippen LogP contribution in [0, 0.1) is 0 Å². The molecular formula is C23H22N2O4S. The maximum Gasteiger partial charge on any atom is 0.284 e. The van der Waals surface area contributed by atoms with E-state index in [4.69, 9.17) is 19.3 Å². The minimum Gasteiger partial charge on any atom is -0.497 e. The van der Waals surface area contributed by atoms with Gasteiger partial charge in [0.2, 0.25) is 0 Å². The van der Waals surface area contributed by atoms with Crippen LogP contribution in [0.15, 0.2) is 65.1 Å². The standard InChI is InChI=1S/C23H22N2O4S/c1-27-16-11-15(12-17(13-16)28-2)19-14-20(18-7-4-5-8-21(18)29-3)25(24-19)23(26)22-9-6-10-30-22/h4-13,20H,14H2,1-3H3/t20-/m0/s1. The first-order chi connectivity index (χ1) is 14.6. The number of hydrazone groups is 1. The topological polar surface area (TPSA) is 60.4 Å². The molecule has 4 rings (SSSR count). The summed E-state index contributed by atoms with van der Waals surface area (Å²) in [6, 6.07) is 16.7. The van der Waals surface area contributed by atoms with Gasteiger partial charge in [0.1, 0.15) is 17.2 Å². The number of rotatable bonds is 6. The lowest BCUT2D eigenvalue weighted by molar-refractivity contribution is 0.0714. The van der Waals surface area contributed by atoms with E-state index in [0.717, 1.165) is 22.6 Å².